The Labute approximate surface area is 169 Å². The van der Waals surface area contributed by atoms with Crippen molar-refractivity contribution in [2.45, 2.75) is 45.7 Å². The Balaban J connectivity index is 1.97. The van der Waals surface area contributed by atoms with Gasteiger partial charge in [0, 0.05) is 11.4 Å². The molecule has 7 nitrogen and oxygen atoms in total. The lowest BCUT2D eigenvalue weighted by molar-refractivity contribution is -0.141. The van der Waals surface area contributed by atoms with Crippen molar-refractivity contribution in [1.82, 2.24) is 0 Å². The van der Waals surface area contributed by atoms with E-state index in [9.17, 15) is 14.7 Å². The number of aliphatic carboxylic acids is 1. The lowest BCUT2D eigenvalue weighted by atomic mass is 9.72. The minimum Gasteiger partial charge on any atom is -0.480 e. The van der Waals surface area contributed by atoms with E-state index in [1.54, 1.807) is 26.0 Å². The van der Waals surface area contributed by atoms with Crippen molar-refractivity contribution in [3.8, 4) is 5.75 Å². The SMILES string of the molecule is CC(C)(Nc1ccccc1C1Nc2ccc(OC(=O)O)cc2CC1(C)C)C(=O)O. The number of rotatable bonds is 5. The number of fused-ring (bicyclic) bond motifs is 1. The highest BCUT2D eigenvalue weighted by Crippen LogP contribution is 2.47. The first-order valence-corrected chi connectivity index (χ1v) is 9.40. The summed E-state index contributed by atoms with van der Waals surface area (Å²) in [6.45, 7) is 7.50. The molecule has 1 unspecified atom stereocenters. The molecule has 0 aliphatic carbocycles. The summed E-state index contributed by atoms with van der Waals surface area (Å²) in [5.41, 5.74) is 2.28. The molecule has 1 aliphatic heterocycles. The van der Waals surface area contributed by atoms with E-state index in [0.29, 0.717) is 6.42 Å². The lowest BCUT2D eigenvalue weighted by Crippen LogP contribution is -2.41. The molecule has 1 aliphatic rings. The molecule has 0 radical (unpaired) electrons. The first-order valence-electron chi connectivity index (χ1n) is 9.40. The van der Waals surface area contributed by atoms with E-state index in [4.69, 9.17) is 9.84 Å². The second-order valence-electron chi connectivity index (χ2n) is 8.57. The lowest BCUT2D eigenvalue weighted by Gasteiger charge is -2.42. The molecule has 0 amide bonds. The second kappa shape index (κ2) is 7.31. The average molecular weight is 398 g/mol. The van der Waals surface area contributed by atoms with Crippen LogP contribution in [0.3, 0.4) is 0 Å². The smallest absolute Gasteiger partial charge is 0.480 e. The molecule has 2 aromatic carbocycles. The van der Waals surface area contributed by atoms with Crippen molar-refractivity contribution in [3.05, 3.63) is 53.6 Å². The molecule has 29 heavy (non-hydrogen) atoms. The third-order valence-corrected chi connectivity index (χ3v) is 5.26. The fourth-order valence-corrected chi connectivity index (χ4v) is 3.72. The van der Waals surface area contributed by atoms with Gasteiger partial charge in [0.15, 0.2) is 0 Å². The van der Waals surface area contributed by atoms with Crippen LogP contribution in [0.2, 0.25) is 0 Å². The number of para-hydroxylation sites is 1. The number of benzene rings is 2. The molecule has 1 heterocycles. The minimum absolute atomic E-state index is 0.0745. The molecular formula is C22H26N2O5. The van der Waals surface area contributed by atoms with Gasteiger partial charge in [-0.1, -0.05) is 32.0 Å². The van der Waals surface area contributed by atoms with Gasteiger partial charge < -0.3 is 25.6 Å². The van der Waals surface area contributed by atoms with Gasteiger partial charge in [-0.15, -0.1) is 0 Å². The highest BCUT2D eigenvalue weighted by molar-refractivity contribution is 5.82. The van der Waals surface area contributed by atoms with Crippen LogP contribution in [0.15, 0.2) is 42.5 Å². The molecule has 1 atom stereocenters. The highest BCUT2D eigenvalue weighted by Gasteiger charge is 2.38. The van der Waals surface area contributed by atoms with E-state index in [1.165, 1.54) is 0 Å². The van der Waals surface area contributed by atoms with Gasteiger partial charge in [-0.3, -0.25) is 0 Å². The first-order chi connectivity index (χ1) is 13.5. The Morgan fingerprint density at radius 2 is 1.86 bits per heavy atom. The van der Waals surface area contributed by atoms with Gasteiger partial charge in [-0.2, -0.15) is 0 Å². The highest BCUT2D eigenvalue weighted by atomic mass is 16.7. The number of nitrogens with one attached hydrogen (secondary N) is 2. The van der Waals surface area contributed by atoms with Crippen LogP contribution in [0.1, 0.15) is 44.9 Å². The summed E-state index contributed by atoms with van der Waals surface area (Å²) >= 11 is 0. The molecule has 154 valence electrons. The van der Waals surface area contributed by atoms with Gasteiger partial charge in [-0.25, -0.2) is 9.59 Å². The Kier molecular flexibility index (Phi) is 5.17. The largest absolute Gasteiger partial charge is 0.511 e. The zero-order valence-electron chi connectivity index (χ0n) is 16.9. The average Bonchev–Trinajstić information content (AvgIpc) is 2.60. The van der Waals surface area contributed by atoms with E-state index >= 15 is 0 Å². The normalized spacial score (nSPS) is 17.6. The molecular weight excluding hydrogens is 372 g/mol. The van der Waals surface area contributed by atoms with Gasteiger partial charge in [-0.05, 0) is 61.1 Å². The Morgan fingerprint density at radius 1 is 1.17 bits per heavy atom. The summed E-state index contributed by atoms with van der Waals surface area (Å²) in [7, 11) is 0. The van der Waals surface area contributed by atoms with Crippen LogP contribution in [0.25, 0.3) is 0 Å². The minimum atomic E-state index is -1.34. The molecule has 0 spiro atoms. The van der Waals surface area contributed by atoms with E-state index in [0.717, 1.165) is 22.5 Å². The Morgan fingerprint density at radius 3 is 2.52 bits per heavy atom. The van der Waals surface area contributed by atoms with Crippen molar-refractivity contribution in [3.63, 3.8) is 0 Å². The molecule has 0 bridgehead atoms. The summed E-state index contributed by atoms with van der Waals surface area (Å²) in [5.74, 6) is -0.642. The number of hydrogen-bond donors (Lipinski definition) is 4. The van der Waals surface area contributed by atoms with Crippen molar-refractivity contribution >= 4 is 23.5 Å². The number of anilines is 2. The zero-order chi connectivity index (χ0) is 21.4. The fraction of sp³-hybridized carbons (Fsp3) is 0.364. The third kappa shape index (κ3) is 4.29. The molecule has 2 aromatic rings. The summed E-state index contributed by atoms with van der Waals surface area (Å²) in [6.07, 6.45) is -0.639. The number of carboxylic acid groups (broad SMARTS) is 2. The molecule has 0 saturated carbocycles. The maximum atomic E-state index is 11.6. The van der Waals surface area contributed by atoms with Gasteiger partial charge in [0.25, 0.3) is 0 Å². The maximum Gasteiger partial charge on any atom is 0.511 e. The van der Waals surface area contributed by atoms with Gasteiger partial charge >= 0.3 is 12.1 Å². The van der Waals surface area contributed by atoms with E-state index in [2.05, 4.69) is 24.5 Å². The van der Waals surface area contributed by atoms with Crippen molar-refractivity contribution in [2.24, 2.45) is 5.41 Å². The predicted octanol–water partition coefficient (Wildman–Crippen LogP) is 4.75. The number of carbonyl (C=O) groups is 2. The monoisotopic (exact) mass is 398 g/mol. The van der Waals surface area contributed by atoms with Crippen molar-refractivity contribution < 1.29 is 24.5 Å². The Bertz CT molecular complexity index is 952. The van der Waals surface area contributed by atoms with Crippen LogP contribution in [0.5, 0.6) is 5.75 Å². The fourth-order valence-electron chi connectivity index (χ4n) is 3.72. The van der Waals surface area contributed by atoms with Gasteiger partial charge in [0.1, 0.15) is 11.3 Å². The van der Waals surface area contributed by atoms with Crippen LogP contribution < -0.4 is 15.4 Å². The first kappa shape index (κ1) is 20.5. The van der Waals surface area contributed by atoms with Crippen LogP contribution in [0.4, 0.5) is 16.2 Å². The predicted molar refractivity (Wildman–Crippen MR) is 111 cm³/mol. The van der Waals surface area contributed by atoms with Crippen molar-refractivity contribution in [1.29, 1.82) is 0 Å². The molecule has 4 N–H and O–H groups in total. The van der Waals surface area contributed by atoms with Crippen LogP contribution in [-0.4, -0.2) is 27.9 Å². The summed E-state index contributed by atoms with van der Waals surface area (Å²) < 4.78 is 4.78. The van der Waals surface area contributed by atoms with Crippen LogP contribution >= 0.6 is 0 Å². The topological polar surface area (TPSA) is 108 Å². The summed E-state index contributed by atoms with van der Waals surface area (Å²) in [5, 5.41) is 25.0. The number of carboxylic acids is 1. The van der Waals surface area contributed by atoms with Gasteiger partial charge in [0.05, 0.1) is 6.04 Å². The third-order valence-electron chi connectivity index (χ3n) is 5.26. The Hall–Kier alpha value is -3.22. The standard InChI is InChI=1S/C22H26N2O5/c1-21(2)12-13-11-14(29-20(27)28)9-10-16(13)23-18(21)15-7-5-6-8-17(15)24-22(3,4)19(25)26/h5-11,18,23-24H,12H2,1-4H3,(H,25,26)(H,27,28). The molecule has 7 heteroatoms. The second-order valence-corrected chi connectivity index (χ2v) is 8.57. The quantitative estimate of drug-likeness (QED) is 0.425. The summed E-state index contributed by atoms with van der Waals surface area (Å²) in [4.78, 5) is 22.4. The molecule has 3 rings (SSSR count). The van der Waals surface area contributed by atoms with Gasteiger partial charge in [0.2, 0.25) is 0 Å². The molecule has 0 fully saturated rings. The van der Waals surface area contributed by atoms with E-state index in [1.807, 2.05) is 30.3 Å². The van der Waals surface area contributed by atoms with Crippen molar-refractivity contribution in [2.75, 3.05) is 10.6 Å². The number of hydrogen-bond acceptors (Lipinski definition) is 5. The van der Waals surface area contributed by atoms with Crippen LogP contribution in [0, 0.1) is 5.41 Å². The maximum absolute atomic E-state index is 11.6. The van der Waals surface area contributed by atoms with Crippen LogP contribution in [-0.2, 0) is 11.2 Å². The molecule has 0 saturated heterocycles. The number of ether oxygens (including phenoxy) is 1. The zero-order valence-corrected chi connectivity index (χ0v) is 16.9. The molecule has 0 aromatic heterocycles. The van der Waals surface area contributed by atoms with E-state index in [-0.39, 0.29) is 17.2 Å². The summed E-state index contributed by atoms with van der Waals surface area (Å²) in [6, 6.07) is 12.8. The van der Waals surface area contributed by atoms with E-state index < -0.39 is 17.7 Å².